The lowest BCUT2D eigenvalue weighted by atomic mass is 10.0. The maximum absolute atomic E-state index is 13.6. The van der Waals surface area contributed by atoms with Crippen LogP contribution in [0.15, 0.2) is 42.5 Å². The highest BCUT2D eigenvalue weighted by molar-refractivity contribution is 6.20. The van der Waals surface area contributed by atoms with E-state index in [0.29, 0.717) is 11.1 Å². The Kier molecular flexibility index (Phi) is 3.97. The van der Waals surface area contributed by atoms with Crippen LogP contribution in [0.5, 0.6) is 0 Å². The maximum Gasteiger partial charge on any atom is 0.127 e. The molecule has 0 amide bonds. The van der Waals surface area contributed by atoms with Gasteiger partial charge in [-0.15, -0.1) is 11.6 Å². The Morgan fingerprint density at radius 2 is 1.78 bits per heavy atom. The second-order valence-corrected chi connectivity index (χ2v) is 4.81. The highest BCUT2D eigenvalue weighted by Crippen LogP contribution is 2.28. The zero-order valence-electron chi connectivity index (χ0n) is 9.96. The van der Waals surface area contributed by atoms with Gasteiger partial charge in [-0.1, -0.05) is 35.9 Å². The molecule has 0 saturated carbocycles. The first-order valence-electron chi connectivity index (χ1n) is 5.71. The summed E-state index contributed by atoms with van der Waals surface area (Å²) in [6, 6.07) is 11.2. The molecule has 0 spiro atoms. The summed E-state index contributed by atoms with van der Waals surface area (Å²) in [7, 11) is 0. The molecule has 94 valence electrons. The molecule has 0 saturated heterocycles. The molecule has 0 aliphatic rings. The van der Waals surface area contributed by atoms with Gasteiger partial charge in [0.1, 0.15) is 11.6 Å². The average Bonchev–Trinajstić information content (AvgIpc) is 2.35. The van der Waals surface area contributed by atoms with Crippen molar-refractivity contribution in [2.75, 3.05) is 0 Å². The minimum Gasteiger partial charge on any atom is -0.207 e. The molecule has 0 aliphatic heterocycles. The van der Waals surface area contributed by atoms with Gasteiger partial charge in [-0.25, -0.2) is 8.78 Å². The lowest BCUT2D eigenvalue weighted by Crippen LogP contribution is -2.01. The molecule has 2 aromatic rings. The highest BCUT2D eigenvalue weighted by Gasteiger charge is 2.15. The number of benzene rings is 2. The van der Waals surface area contributed by atoms with E-state index in [0.717, 1.165) is 5.56 Å². The molecule has 1 atom stereocenters. The van der Waals surface area contributed by atoms with Crippen molar-refractivity contribution in [1.29, 1.82) is 0 Å². The first-order valence-corrected chi connectivity index (χ1v) is 6.15. The third kappa shape index (κ3) is 2.88. The number of halogens is 3. The number of hydrogen-bond donors (Lipinski definition) is 0. The van der Waals surface area contributed by atoms with Gasteiger partial charge >= 0.3 is 0 Å². The average molecular weight is 267 g/mol. The molecule has 0 bridgehead atoms. The molecule has 1 unspecified atom stereocenters. The first kappa shape index (κ1) is 13.0. The van der Waals surface area contributed by atoms with Crippen LogP contribution in [0.3, 0.4) is 0 Å². The highest BCUT2D eigenvalue weighted by atomic mass is 35.5. The van der Waals surface area contributed by atoms with Gasteiger partial charge in [0, 0.05) is 5.56 Å². The summed E-state index contributed by atoms with van der Waals surface area (Å²) < 4.78 is 27.1. The second-order valence-electron chi connectivity index (χ2n) is 4.29. The standard InChI is InChI=1S/C15H13ClF2/c1-10-6-7-15(18)12(8-10)13(16)9-11-4-2-3-5-14(11)17/h2-8,13H,9H2,1H3. The van der Waals surface area contributed by atoms with Gasteiger partial charge in [0.25, 0.3) is 0 Å². The summed E-state index contributed by atoms with van der Waals surface area (Å²) in [4.78, 5) is 0. The predicted molar refractivity (Wildman–Crippen MR) is 69.8 cm³/mol. The number of alkyl halides is 1. The van der Waals surface area contributed by atoms with Crippen molar-refractivity contribution < 1.29 is 8.78 Å². The van der Waals surface area contributed by atoms with E-state index in [2.05, 4.69) is 0 Å². The fourth-order valence-electron chi connectivity index (χ4n) is 1.87. The first-order chi connectivity index (χ1) is 8.58. The van der Waals surface area contributed by atoms with Crippen LogP contribution in [-0.4, -0.2) is 0 Å². The molecule has 0 N–H and O–H groups in total. The van der Waals surface area contributed by atoms with Gasteiger partial charge in [0.2, 0.25) is 0 Å². The van der Waals surface area contributed by atoms with Crippen LogP contribution >= 0.6 is 11.6 Å². The van der Waals surface area contributed by atoms with Gasteiger partial charge in [0.15, 0.2) is 0 Å². The van der Waals surface area contributed by atoms with Crippen molar-refractivity contribution in [1.82, 2.24) is 0 Å². The second kappa shape index (κ2) is 5.49. The summed E-state index contributed by atoms with van der Waals surface area (Å²) in [6.07, 6.45) is 0.272. The van der Waals surface area contributed by atoms with Crippen molar-refractivity contribution in [3.8, 4) is 0 Å². The summed E-state index contributed by atoms with van der Waals surface area (Å²) in [5, 5.41) is -0.568. The van der Waals surface area contributed by atoms with Crippen molar-refractivity contribution in [2.45, 2.75) is 18.7 Å². The third-order valence-electron chi connectivity index (χ3n) is 2.85. The summed E-state index contributed by atoms with van der Waals surface area (Å²) in [6.45, 7) is 1.87. The Hall–Kier alpha value is -1.41. The van der Waals surface area contributed by atoms with Crippen LogP contribution < -0.4 is 0 Å². The van der Waals surface area contributed by atoms with Crippen LogP contribution in [0, 0.1) is 18.6 Å². The lowest BCUT2D eigenvalue weighted by Gasteiger charge is -2.12. The van der Waals surface area contributed by atoms with Gasteiger partial charge in [-0.05, 0) is 31.0 Å². The normalized spacial score (nSPS) is 12.4. The van der Waals surface area contributed by atoms with Gasteiger partial charge in [-0.2, -0.15) is 0 Å². The van der Waals surface area contributed by atoms with Crippen LogP contribution in [-0.2, 0) is 6.42 Å². The third-order valence-corrected chi connectivity index (χ3v) is 3.24. The molecule has 18 heavy (non-hydrogen) atoms. The zero-order valence-corrected chi connectivity index (χ0v) is 10.7. The van der Waals surface area contributed by atoms with Crippen LogP contribution in [0.4, 0.5) is 8.78 Å². The Morgan fingerprint density at radius 1 is 1.06 bits per heavy atom. The molecular weight excluding hydrogens is 254 g/mol. The van der Waals surface area contributed by atoms with Crippen molar-refractivity contribution >= 4 is 11.6 Å². The number of hydrogen-bond acceptors (Lipinski definition) is 0. The quantitative estimate of drug-likeness (QED) is 0.701. The molecular formula is C15H13ClF2. The lowest BCUT2D eigenvalue weighted by molar-refractivity contribution is 0.591. The minimum absolute atomic E-state index is 0.272. The summed E-state index contributed by atoms with van der Waals surface area (Å²) in [5.74, 6) is -0.659. The van der Waals surface area contributed by atoms with Crippen LogP contribution in [0.25, 0.3) is 0 Å². The van der Waals surface area contributed by atoms with E-state index < -0.39 is 5.38 Å². The molecule has 0 nitrogen and oxygen atoms in total. The SMILES string of the molecule is Cc1ccc(F)c(C(Cl)Cc2ccccc2F)c1. The van der Waals surface area contributed by atoms with Crippen LogP contribution in [0.2, 0.25) is 0 Å². The largest absolute Gasteiger partial charge is 0.207 e. The Labute approximate surface area is 110 Å². The van der Waals surface area contributed by atoms with Gasteiger partial charge < -0.3 is 0 Å². The summed E-state index contributed by atoms with van der Waals surface area (Å²) in [5.41, 5.74) is 1.85. The monoisotopic (exact) mass is 266 g/mol. The van der Waals surface area contributed by atoms with Crippen molar-refractivity contribution in [2.24, 2.45) is 0 Å². The smallest absolute Gasteiger partial charge is 0.127 e. The zero-order chi connectivity index (χ0) is 13.1. The van der Waals surface area contributed by atoms with Gasteiger partial charge in [-0.3, -0.25) is 0 Å². The van der Waals surface area contributed by atoms with E-state index in [4.69, 9.17) is 11.6 Å². The van der Waals surface area contributed by atoms with Gasteiger partial charge in [0.05, 0.1) is 5.38 Å². The van der Waals surface area contributed by atoms with E-state index in [1.807, 2.05) is 6.92 Å². The molecule has 0 aromatic heterocycles. The van der Waals surface area contributed by atoms with E-state index in [1.165, 1.54) is 12.1 Å². The molecule has 0 radical (unpaired) electrons. The van der Waals surface area contributed by atoms with Crippen molar-refractivity contribution in [3.05, 3.63) is 70.8 Å². The van der Waals surface area contributed by atoms with Crippen molar-refractivity contribution in [3.63, 3.8) is 0 Å². The van der Waals surface area contributed by atoms with E-state index in [1.54, 1.807) is 30.3 Å². The summed E-state index contributed by atoms with van der Waals surface area (Å²) >= 11 is 6.18. The molecule has 0 aliphatic carbocycles. The Morgan fingerprint density at radius 3 is 2.50 bits per heavy atom. The Balaban J connectivity index is 2.25. The fourth-order valence-corrected chi connectivity index (χ4v) is 2.20. The van der Waals surface area contributed by atoms with E-state index in [-0.39, 0.29) is 18.1 Å². The molecule has 2 rings (SSSR count). The van der Waals surface area contributed by atoms with Crippen LogP contribution in [0.1, 0.15) is 22.1 Å². The molecule has 2 aromatic carbocycles. The molecule has 3 heteroatoms. The topological polar surface area (TPSA) is 0 Å². The minimum atomic E-state index is -0.568. The predicted octanol–water partition coefficient (Wildman–Crippen LogP) is 4.80. The number of aryl methyl sites for hydroxylation is 1. The molecule has 0 fully saturated rings. The Bertz CT molecular complexity index is 552. The number of rotatable bonds is 3. The molecule has 0 heterocycles. The van der Waals surface area contributed by atoms with E-state index in [9.17, 15) is 8.78 Å². The fraction of sp³-hybridized carbons (Fsp3) is 0.200. The van der Waals surface area contributed by atoms with E-state index >= 15 is 0 Å². The maximum atomic E-state index is 13.6.